The van der Waals surface area contributed by atoms with E-state index in [9.17, 15) is 9.59 Å². The lowest BCUT2D eigenvalue weighted by Gasteiger charge is -2.27. The summed E-state index contributed by atoms with van der Waals surface area (Å²) in [7, 11) is 1.73. The van der Waals surface area contributed by atoms with E-state index in [4.69, 9.17) is 4.42 Å². The lowest BCUT2D eigenvalue weighted by atomic mass is 9.85. The summed E-state index contributed by atoms with van der Waals surface area (Å²) in [6, 6.07) is 4.21. The van der Waals surface area contributed by atoms with Gasteiger partial charge in [-0.25, -0.2) is 0 Å². The van der Waals surface area contributed by atoms with Crippen molar-refractivity contribution >= 4 is 41.8 Å². The van der Waals surface area contributed by atoms with Crippen LogP contribution in [0.2, 0.25) is 0 Å². The number of rotatable bonds is 7. The number of carbonyl (C=O) groups excluding carboxylic acids is 2. The number of aliphatic imine (C=N–C) groups is 1. The van der Waals surface area contributed by atoms with Crippen LogP contribution in [0.5, 0.6) is 0 Å². The van der Waals surface area contributed by atoms with Gasteiger partial charge in [-0.05, 0) is 63.2 Å². The molecular formula is C24H34IN5O3. The summed E-state index contributed by atoms with van der Waals surface area (Å²) in [5.74, 6) is 2.80. The average molecular weight is 567 g/mol. The van der Waals surface area contributed by atoms with Crippen molar-refractivity contribution in [2.75, 3.05) is 39.8 Å². The Labute approximate surface area is 212 Å². The number of carbonyl (C=O) groups is 2. The fraction of sp³-hybridized carbons (Fsp3) is 0.625. The first kappa shape index (κ1) is 24.3. The Morgan fingerprint density at radius 2 is 1.79 bits per heavy atom. The molecule has 1 aromatic heterocycles. The van der Waals surface area contributed by atoms with E-state index in [0.717, 1.165) is 31.0 Å². The molecule has 4 aliphatic rings. The summed E-state index contributed by atoms with van der Waals surface area (Å²) in [6.45, 7) is 5.63. The zero-order chi connectivity index (χ0) is 22.2. The molecule has 0 radical (unpaired) electrons. The maximum absolute atomic E-state index is 12.8. The Hall–Kier alpha value is -1.88. The minimum Gasteiger partial charge on any atom is -0.465 e. The third-order valence-corrected chi connectivity index (χ3v) is 7.55. The van der Waals surface area contributed by atoms with Gasteiger partial charge in [0.05, 0.1) is 17.9 Å². The highest BCUT2D eigenvalue weighted by Crippen LogP contribution is 2.52. The molecule has 2 amide bonds. The number of imide groups is 1. The predicted octanol–water partition coefficient (Wildman–Crippen LogP) is 2.32. The molecule has 2 aliphatic carbocycles. The Kier molecular flexibility index (Phi) is 7.47. The topological polar surface area (TPSA) is 90.2 Å². The van der Waals surface area contributed by atoms with E-state index in [1.165, 1.54) is 17.7 Å². The number of halogens is 1. The third-order valence-electron chi connectivity index (χ3n) is 7.55. The van der Waals surface area contributed by atoms with Crippen LogP contribution in [-0.4, -0.2) is 67.3 Å². The molecule has 1 aromatic rings. The van der Waals surface area contributed by atoms with Gasteiger partial charge in [-0.3, -0.25) is 24.4 Å². The molecule has 2 saturated heterocycles. The summed E-state index contributed by atoms with van der Waals surface area (Å²) < 4.78 is 5.93. The molecule has 5 unspecified atom stereocenters. The van der Waals surface area contributed by atoms with Gasteiger partial charge in [-0.15, -0.1) is 24.0 Å². The molecule has 2 N–H and O–H groups in total. The highest BCUT2D eigenvalue weighted by Gasteiger charge is 2.58. The van der Waals surface area contributed by atoms with Crippen LogP contribution in [0.25, 0.3) is 0 Å². The van der Waals surface area contributed by atoms with Crippen LogP contribution in [-0.2, 0) is 9.59 Å². The average Bonchev–Trinajstić information content (AvgIpc) is 3.60. The van der Waals surface area contributed by atoms with Crippen LogP contribution >= 0.6 is 24.0 Å². The number of nitrogens with zero attached hydrogens (tertiary/aromatic N) is 3. The molecule has 2 aliphatic heterocycles. The van der Waals surface area contributed by atoms with Crippen molar-refractivity contribution in [3.8, 4) is 0 Å². The largest absolute Gasteiger partial charge is 0.465 e. The fourth-order valence-corrected chi connectivity index (χ4v) is 5.98. The highest BCUT2D eigenvalue weighted by molar-refractivity contribution is 14.0. The predicted molar refractivity (Wildman–Crippen MR) is 136 cm³/mol. The SMILES string of the molecule is CN=C(NCCN1C(=O)C2C3C=CC(C3)C2C1=O)NCC(c1ccc(C)o1)N1CCCC1.I. The van der Waals surface area contributed by atoms with Crippen molar-refractivity contribution in [2.24, 2.45) is 28.7 Å². The molecule has 180 valence electrons. The van der Waals surface area contributed by atoms with Crippen LogP contribution in [0, 0.1) is 30.6 Å². The number of fused-ring (bicyclic) bond motifs is 5. The van der Waals surface area contributed by atoms with Crippen molar-refractivity contribution in [1.29, 1.82) is 0 Å². The van der Waals surface area contributed by atoms with E-state index >= 15 is 0 Å². The van der Waals surface area contributed by atoms with E-state index < -0.39 is 0 Å². The number of nitrogens with one attached hydrogen (secondary N) is 2. The lowest BCUT2D eigenvalue weighted by molar-refractivity contribution is -0.140. The summed E-state index contributed by atoms with van der Waals surface area (Å²) in [6.07, 6.45) is 7.63. The number of hydrogen-bond acceptors (Lipinski definition) is 5. The van der Waals surface area contributed by atoms with Crippen LogP contribution in [0.4, 0.5) is 0 Å². The van der Waals surface area contributed by atoms with Crippen molar-refractivity contribution in [2.45, 2.75) is 32.2 Å². The first-order valence-electron chi connectivity index (χ1n) is 11.8. The molecular weight excluding hydrogens is 533 g/mol. The molecule has 3 fully saturated rings. The van der Waals surface area contributed by atoms with E-state index in [1.807, 2.05) is 13.0 Å². The second-order valence-electron chi connectivity index (χ2n) is 9.42. The van der Waals surface area contributed by atoms with Crippen molar-refractivity contribution in [3.63, 3.8) is 0 Å². The summed E-state index contributed by atoms with van der Waals surface area (Å²) >= 11 is 0. The van der Waals surface area contributed by atoms with Gasteiger partial charge in [0.25, 0.3) is 0 Å². The number of hydrogen-bond donors (Lipinski definition) is 2. The van der Waals surface area contributed by atoms with Gasteiger partial charge in [-0.2, -0.15) is 0 Å². The zero-order valence-electron chi connectivity index (χ0n) is 19.3. The van der Waals surface area contributed by atoms with E-state index in [0.29, 0.717) is 25.6 Å². The fourth-order valence-electron chi connectivity index (χ4n) is 5.98. The van der Waals surface area contributed by atoms with Gasteiger partial charge in [0.1, 0.15) is 11.5 Å². The van der Waals surface area contributed by atoms with Crippen LogP contribution in [0.15, 0.2) is 33.7 Å². The molecule has 5 atom stereocenters. The molecule has 0 spiro atoms. The number of allylic oxidation sites excluding steroid dienone is 2. The molecule has 2 bridgehead atoms. The first-order valence-corrected chi connectivity index (χ1v) is 11.8. The van der Waals surface area contributed by atoms with Crippen LogP contribution in [0.1, 0.15) is 36.8 Å². The van der Waals surface area contributed by atoms with E-state index in [2.05, 4.69) is 38.7 Å². The second-order valence-corrected chi connectivity index (χ2v) is 9.42. The maximum Gasteiger partial charge on any atom is 0.233 e. The summed E-state index contributed by atoms with van der Waals surface area (Å²) in [5.41, 5.74) is 0. The van der Waals surface area contributed by atoms with Gasteiger partial charge in [-0.1, -0.05) is 12.2 Å². The number of amides is 2. The maximum atomic E-state index is 12.8. The third kappa shape index (κ3) is 4.58. The molecule has 33 heavy (non-hydrogen) atoms. The Morgan fingerprint density at radius 3 is 2.36 bits per heavy atom. The molecule has 3 heterocycles. The quantitative estimate of drug-likeness (QED) is 0.173. The minimum atomic E-state index is -0.132. The monoisotopic (exact) mass is 567 g/mol. The molecule has 5 rings (SSSR count). The van der Waals surface area contributed by atoms with Crippen LogP contribution < -0.4 is 10.6 Å². The molecule has 8 nitrogen and oxygen atoms in total. The Bertz CT molecular complexity index is 908. The van der Waals surface area contributed by atoms with Gasteiger partial charge in [0.2, 0.25) is 11.8 Å². The van der Waals surface area contributed by atoms with Crippen molar-refractivity contribution in [3.05, 3.63) is 35.8 Å². The smallest absolute Gasteiger partial charge is 0.233 e. The van der Waals surface area contributed by atoms with Crippen LogP contribution in [0.3, 0.4) is 0 Å². The summed E-state index contributed by atoms with van der Waals surface area (Å²) in [5, 5.41) is 6.68. The van der Waals surface area contributed by atoms with Gasteiger partial charge in [0, 0.05) is 26.7 Å². The zero-order valence-corrected chi connectivity index (χ0v) is 21.7. The van der Waals surface area contributed by atoms with Gasteiger partial charge in [0.15, 0.2) is 5.96 Å². The number of likely N-dealkylation sites (tertiary alicyclic amines) is 2. The summed E-state index contributed by atoms with van der Waals surface area (Å²) in [4.78, 5) is 33.9. The highest BCUT2D eigenvalue weighted by atomic mass is 127. The second kappa shape index (κ2) is 10.2. The number of guanidine groups is 1. The normalized spacial score (nSPS) is 29.5. The lowest BCUT2D eigenvalue weighted by Crippen LogP contribution is -2.45. The Balaban J connectivity index is 0.00000259. The Morgan fingerprint density at radius 1 is 1.12 bits per heavy atom. The minimum absolute atomic E-state index is 0. The molecule has 1 saturated carbocycles. The molecule has 9 heteroatoms. The van der Waals surface area contributed by atoms with E-state index in [-0.39, 0.29) is 65.5 Å². The van der Waals surface area contributed by atoms with Crippen molar-refractivity contribution < 1.29 is 14.0 Å². The first-order chi connectivity index (χ1) is 15.6. The number of furan rings is 1. The standard InChI is InChI=1S/C24H33N5O3.HI/c1-15-5-8-19(32-15)18(28-10-3-4-11-28)14-27-24(25-2)26-9-12-29-22(30)20-16-6-7-17(13-16)21(20)23(29)31;/h5-8,16-18,20-21H,3-4,9-14H2,1-2H3,(H2,25,26,27);1H. The van der Waals surface area contributed by atoms with E-state index in [1.54, 1.807) is 7.05 Å². The molecule has 0 aromatic carbocycles. The van der Waals surface area contributed by atoms with Gasteiger partial charge < -0.3 is 15.1 Å². The number of aryl methyl sites for hydroxylation is 1. The van der Waals surface area contributed by atoms with Crippen molar-refractivity contribution in [1.82, 2.24) is 20.4 Å². The van der Waals surface area contributed by atoms with Gasteiger partial charge >= 0.3 is 0 Å².